The Morgan fingerprint density at radius 1 is 0.476 bits per heavy atom. The van der Waals surface area contributed by atoms with E-state index in [2.05, 4.69) is 126 Å². The lowest BCUT2D eigenvalue weighted by molar-refractivity contribution is 0.794. The molecule has 0 aliphatic heterocycles. The molecule has 1 atom stereocenters. The fourth-order valence-electron chi connectivity index (χ4n) is 10.1. The van der Waals surface area contributed by atoms with Crippen LogP contribution in [0.2, 0.25) is 0 Å². The predicted molar refractivity (Wildman–Crippen MR) is 253 cm³/mol. The van der Waals surface area contributed by atoms with Gasteiger partial charge in [0.05, 0.1) is 33.0 Å². The topological polar surface area (TPSA) is 80.3 Å². The molecule has 2 aliphatic rings. The summed E-state index contributed by atoms with van der Waals surface area (Å²) in [6.45, 7) is 0. The maximum Gasteiger partial charge on any atom is 0.174 e. The zero-order valence-corrected chi connectivity index (χ0v) is 34.4. The van der Waals surface area contributed by atoms with Crippen molar-refractivity contribution in [2.75, 3.05) is 0 Å². The van der Waals surface area contributed by atoms with Crippen molar-refractivity contribution in [3.05, 3.63) is 222 Å². The molecule has 0 radical (unpaired) electrons. The first-order valence-electron chi connectivity index (χ1n) is 20.9. The number of fused-ring (bicyclic) bond motifs is 13. The molecule has 0 amide bonds. The molecule has 0 N–H and O–H groups in total. The Bertz CT molecular complexity index is 3640. The maximum absolute atomic E-state index is 10.3. The molecule has 11 aromatic rings. The molecule has 7 heteroatoms. The molecule has 8 aromatic carbocycles. The zero-order chi connectivity index (χ0) is 41.6. The van der Waals surface area contributed by atoms with E-state index in [0.717, 1.165) is 65.3 Å². The van der Waals surface area contributed by atoms with Crippen LogP contribution in [0.15, 0.2) is 194 Å². The lowest BCUT2D eigenvalue weighted by Gasteiger charge is -2.30. The van der Waals surface area contributed by atoms with Crippen LogP contribution < -0.4 is 0 Å². The molecule has 0 saturated carbocycles. The van der Waals surface area contributed by atoms with Crippen molar-refractivity contribution in [3.63, 3.8) is 0 Å². The summed E-state index contributed by atoms with van der Waals surface area (Å²) in [6.07, 6.45) is 0. The van der Waals surface area contributed by atoms with Crippen molar-refractivity contribution < 1.29 is 0 Å². The number of imidazole rings is 1. The van der Waals surface area contributed by atoms with E-state index in [1.807, 2.05) is 78.9 Å². The van der Waals surface area contributed by atoms with Gasteiger partial charge in [0.2, 0.25) is 0 Å². The summed E-state index contributed by atoms with van der Waals surface area (Å²) < 4.78 is 3.39. The highest BCUT2D eigenvalue weighted by atomic mass is 32.1. The van der Waals surface area contributed by atoms with Crippen LogP contribution in [0.3, 0.4) is 0 Å². The molecule has 6 nitrogen and oxygen atoms in total. The summed E-state index contributed by atoms with van der Waals surface area (Å²) in [5.41, 5.74) is 15.4. The number of hydrogen-bond acceptors (Lipinski definition) is 6. The SMILES string of the molecule is N#Cc1ccc2c(c1)-c1c(ccc3sc(-c4nc(-c5ccccc5)nc(-c5ccccc5)n4)cc13)C21c2ccccc2-c2cc(-c3nc4ccccc4n3-c3ccccc3)ccc21. The average Bonchev–Trinajstić information content (AvgIpc) is 4.11. The number of para-hydroxylation sites is 3. The minimum Gasteiger partial charge on any atom is -0.292 e. The fourth-order valence-corrected chi connectivity index (χ4v) is 11.1. The molecule has 13 rings (SSSR count). The molecule has 3 heterocycles. The molecule has 0 saturated heterocycles. The molecule has 292 valence electrons. The molecule has 63 heavy (non-hydrogen) atoms. The Labute approximate surface area is 366 Å². The quantitative estimate of drug-likeness (QED) is 0.173. The van der Waals surface area contributed by atoms with Crippen LogP contribution in [0.5, 0.6) is 0 Å². The predicted octanol–water partition coefficient (Wildman–Crippen LogP) is 13.3. The van der Waals surface area contributed by atoms with Crippen LogP contribution in [0.4, 0.5) is 0 Å². The highest BCUT2D eigenvalue weighted by molar-refractivity contribution is 7.22. The van der Waals surface area contributed by atoms with Crippen molar-refractivity contribution in [2.45, 2.75) is 5.41 Å². The van der Waals surface area contributed by atoms with Crippen LogP contribution in [0.25, 0.3) is 93.9 Å². The minimum atomic E-state index is -0.618. The number of thiophene rings is 1. The molecular weight excluding hydrogens is 789 g/mol. The number of rotatable bonds is 5. The van der Waals surface area contributed by atoms with Gasteiger partial charge in [0.1, 0.15) is 5.82 Å². The van der Waals surface area contributed by atoms with Gasteiger partial charge in [-0.1, -0.05) is 140 Å². The largest absolute Gasteiger partial charge is 0.292 e. The van der Waals surface area contributed by atoms with Crippen LogP contribution in [0, 0.1) is 11.3 Å². The van der Waals surface area contributed by atoms with Crippen molar-refractivity contribution in [3.8, 4) is 78.9 Å². The summed E-state index contributed by atoms with van der Waals surface area (Å²) in [7, 11) is 0. The van der Waals surface area contributed by atoms with E-state index in [1.165, 1.54) is 33.4 Å². The van der Waals surface area contributed by atoms with Gasteiger partial charge in [0.25, 0.3) is 0 Å². The highest BCUT2D eigenvalue weighted by Crippen LogP contribution is 2.64. The van der Waals surface area contributed by atoms with Gasteiger partial charge < -0.3 is 0 Å². The van der Waals surface area contributed by atoms with Crippen LogP contribution in [-0.4, -0.2) is 24.5 Å². The molecular formula is C56H32N6S. The van der Waals surface area contributed by atoms with Gasteiger partial charge in [0, 0.05) is 32.5 Å². The molecule has 1 spiro atoms. The minimum absolute atomic E-state index is 0.618. The summed E-state index contributed by atoms with van der Waals surface area (Å²) in [6, 6.07) is 70.2. The van der Waals surface area contributed by atoms with Crippen LogP contribution >= 0.6 is 11.3 Å². The summed E-state index contributed by atoms with van der Waals surface area (Å²) in [5, 5.41) is 11.4. The van der Waals surface area contributed by atoms with Crippen LogP contribution in [-0.2, 0) is 5.41 Å². The Morgan fingerprint density at radius 2 is 1.10 bits per heavy atom. The Morgan fingerprint density at radius 3 is 1.86 bits per heavy atom. The van der Waals surface area contributed by atoms with Crippen LogP contribution in [0.1, 0.15) is 27.8 Å². The number of nitrogens with zero attached hydrogens (tertiary/aromatic N) is 6. The first kappa shape index (κ1) is 35.4. The molecule has 0 fully saturated rings. The van der Waals surface area contributed by atoms with Gasteiger partial charge in [-0.05, 0) is 99.1 Å². The second-order valence-electron chi connectivity index (χ2n) is 16.1. The third-order valence-corrected chi connectivity index (χ3v) is 13.8. The number of nitriles is 1. The maximum atomic E-state index is 10.3. The molecule has 3 aromatic heterocycles. The second-order valence-corrected chi connectivity index (χ2v) is 17.2. The van der Waals surface area contributed by atoms with E-state index in [9.17, 15) is 5.26 Å². The van der Waals surface area contributed by atoms with Gasteiger partial charge in [-0.2, -0.15) is 5.26 Å². The lowest BCUT2D eigenvalue weighted by Crippen LogP contribution is -2.25. The molecule has 2 aliphatic carbocycles. The number of aromatic nitrogens is 5. The zero-order valence-electron chi connectivity index (χ0n) is 33.6. The first-order chi connectivity index (χ1) is 31.2. The summed E-state index contributed by atoms with van der Waals surface area (Å²) >= 11 is 1.68. The van der Waals surface area contributed by atoms with E-state index in [1.54, 1.807) is 11.3 Å². The fraction of sp³-hybridized carbons (Fsp3) is 0.0179. The highest BCUT2D eigenvalue weighted by Gasteiger charge is 2.52. The van der Waals surface area contributed by atoms with Crippen molar-refractivity contribution in [1.82, 2.24) is 24.5 Å². The van der Waals surface area contributed by atoms with E-state index in [0.29, 0.717) is 23.0 Å². The number of hydrogen-bond donors (Lipinski definition) is 0. The summed E-state index contributed by atoms with van der Waals surface area (Å²) in [4.78, 5) is 21.4. The van der Waals surface area contributed by atoms with E-state index in [4.69, 9.17) is 19.9 Å². The average molecular weight is 821 g/mol. The summed E-state index contributed by atoms with van der Waals surface area (Å²) in [5.74, 6) is 2.78. The monoisotopic (exact) mass is 820 g/mol. The Balaban J connectivity index is 1.04. The van der Waals surface area contributed by atoms with Crippen molar-refractivity contribution in [1.29, 1.82) is 5.26 Å². The van der Waals surface area contributed by atoms with E-state index < -0.39 is 5.41 Å². The number of benzene rings is 8. The third kappa shape index (κ3) is 5.16. The molecule has 0 bridgehead atoms. The third-order valence-electron chi connectivity index (χ3n) is 12.7. The van der Waals surface area contributed by atoms with E-state index in [-0.39, 0.29) is 0 Å². The van der Waals surface area contributed by atoms with Crippen molar-refractivity contribution >= 4 is 32.5 Å². The lowest BCUT2D eigenvalue weighted by atomic mass is 9.70. The van der Waals surface area contributed by atoms with Gasteiger partial charge in [0.15, 0.2) is 17.5 Å². The van der Waals surface area contributed by atoms with Crippen molar-refractivity contribution in [2.24, 2.45) is 0 Å². The smallest absolute Gasteiger partial charge is 0.174 e. The van der Waals surface area contributed by atoms with Gasteiger partial charge >= 0.3 is 0 Å². The second kappa shape index (κ2) is 13.6. The Hall–Kier alpha value is -8.31. The van der Waals surface area contributed by atoms with E-state index >= 15 is 0 Å². The Kier molecular flexibility index (Phi) is 7.65. The van der Waals surface area contributed by atoms with Gasteiger partial charge in [-0.25, -0.2) is 19.9 Å². The van der Waals surface area contributed by atoms with Gasteiger partial charge in [-0.15, -0.1) is 11.3 Å². The van der Waals surface area contributed by atoms with Gasteiger partial charge in [-0.3, -0.25) is 4.57 Å². The normalized spacial score (nSPS) is 14.4. The molecule has 1 unspecified atom stereocenters. The standard InChI is InChI=1S/C56H32N6S/c57-33-34-24-26-45-41(30-34)51-42-32-50(54-60-52(35-14-4-1-5-15-35)59-53(61-54)36-16-6-2-7-17-36)63-49(42)29-28-46(51)56(45)43-21-11-10-20-39(43)40-31-37(25-27-44(40)56)55-58-47-22-12-13-23-48(47)62(55)38-18-8-3-9-19-38/h1-32H. The first-order valence-corrected chi connectivity index (χ1v) is 21.8.